The number of hydrogen-bond acceptors (Lipinski definition) is 3. The van der Waals surface area contributed by atoms with E-state index in [9.17, 15) is 9.90 Å². The molecule has 0 atom stereocenters. The zero-order valence-electron chi connectivity index (χ0n) is 10.8. The second-order valence-corrected chi connectivity index (χ2v) is 4.27. The van der Waals surface area contributed by atoms with Crippen LogP contribution in [0.1, 0.15) is 11.1 Å². The molecule has 0 aliphatic rings. The molecule has 0 radical (unpaired) electrons. The maximum Gasteiger partial charge on any atom is 0.323 e. The van der Waals surface area contributed by atoms with Gasteiger partial charge in [0.1, 0.15) is 5.75 Å². The molecule has 0 bridgehead atoms. The molecule has 0 aromatic heterocycles. The predicted octanol–water partition coefficient (Wildman–Crippen LogP) is 3.22. The second kappa shape index (κ2) is 5.76. The predicted molar refractivity (Wildman–Crippen MR) is 76.6 cm³/mol. The van der Waals surface area contributed by atoms with E-state index >= 15 is 0 Å². The van der Waals surface area contributed by atoms with Gasteiger partial charge in [-0.25, -0.2) is 4.79 Å². The number of anilines is 2. The van der Waals surface area contributed by atoms with Crippen molar-refractivity contribution in [2.75, 3.05) is 10.6 Å². The minimum absolute atomic E-state index is 0.126. The van der Waals surface area contributed by atoms with Crippen LogP contribution in [-0.4, -0.2) is 11.1 Å². The van der Waals surface area contributed by atoms with Crippen molar-refractivity contribution in [3.63, 3.8) is 0 Å². The number of aryl methyl sites for hydroxylation is 1. The maximum atomic E-state index is 11.8. The van der Waals surface area contributed by atoms with E-state index in [0.717, 1.165) is 5.56 Å². The first-order valence-corrected chi connectivity index (χ1v) is 5.96. The lowest BCUT2D eigenvalue weighted by Crippen LogP contribution is -2.19. The molecule has 0 heterocycles. The normalized spacial score (nSPS) is 9.60. The largest absolute Gasteiger partial charge is 0.508 e. The highest BCUT2D eigenvalue weighted by Gasteiger charge is 2.04. The molecule has 0 unspecified atom stereocenters. The highest BCUT2D eigenvalue weighted by molar-refractivity contribution is 5.99. The molecule has 100 valence electrons. The number of hydrogen-bond donors (Lipinski definition) is 3. The van der Waals surface area contributed by atoms with E-state index in [1.54, 1.807) is 43.3 Å². The molecule has 2 aromatic rings. The van der Waals surface area contributed by atoms with Gasteiger partial charge < -0.3 is 15.7 Å². The number of benzene rings is 2. The number of nitrogens with zero attached hydrogens (tertiary/aromatic N) is 1. The van der Waals surface area contributed by atoms with Crippen molar-refractivity contribution in [2.45, 2.75) is 6.92 Å². The summed E-state index contributed by atoms with van der Waals surface area (Å²) in [6, 6.07) is 13.0. The van der Waals surface area contributed by atoms with Gasteiger partial charge in [0, 0.05) is 17.4 Å². The number of carbonyl (C=O) groups excluding carboxylic acids is 1. The number of carbonyl (C=O) groups is 1. The van der Waals surface area contributed by atoms with Crippen LogP contribution in [0.5, 0.6) is 5.75 Å². The Morgan fingerprint density at radius 3 is 2.30 bits per heavy atom. The van der Waals surface area contributed by atoms with E-state index in [1.165, 1.54) is 6.07 Å². The van der Waals surface area contributed by atoms with Crippen LogP contribution < -0.4 is 10.6 Å². The van der Waals surface area contributed by atoms with Gasteiger partial charge in [-0.1, -0.05) is 6.07 Å². The lowest BCUT2D eigenvalue weighted by molar-refractivity contribution is 0.262. The van der Waals surface area contributed by atoms with Crippen LogP contribution in [0.3, 0.4) is 0 Å². The number of phenolic OH excluding ortho intramolecular Hbond substituents is 1. The highest BCUT2D eigenvalue weighted by Crippen LogP contribution is 2.21. The van der Waals surface area contributed by atoms with Crippen LogP contribution in [0.25, 0.3) is 0 Å². The molecular weight excluding hydrogens is 254 g/mol. The standard InChI is InChI=1S/C15H13N3O2/c1-10-2-5-13(8-14(10)19)18-15(20)17-12-6-3-11(9-16)4-7-12/h2-8,19H,1H3,(H2,17,18,20). The highest BCUT2D eigenvalue weighted by atomic mass is 16.3. The van der Waals surface area contributed by atoms with Crippen molar-refractivity contribution in [1.29, 1.82) is 5.26 Å². The third-order valence-electron chi connectivity index (χ3n) is 2.74. The van der Waals surface area contributed by atoms with Crippen molar-refractivity contribution in [1.82, 2.24) is 0 Å². The molecule has 20 heavy (non-hydrogen) atoms. The molecule has 0 aliphatic heterocycles. The summed E-state index contributed by atoms with van der Waals surface area (Å²) < 4.78 is 0. The average Bonchev–Trinajstić information content (AvgIpc) is 2.44. The molecule has 0 saturated carbocycles. The molecule has 2 aromatic carbocycles. The zero-order chi connectivity index (χ0) is 14.5. The van der Waals surface area contributed by atoms with Gasteiger partial charge in [0.15, 0.2) is 0 Å². The third kappa shape index (κ3) is 3.27. The summed E-state index contributed by atoms with van der Waals surface area (Å²) in [5, 5.41) is 23.5. The van der Waals surface area contributed by atoms with Crippen LogP contribution in [0, 0.1) is 18.3 Å². The smallest absolute Gasteiger partial charge is 0.323 e. The lowest BCUT2D eigenvalue weighted by atomic mass is 10.2. The number of urea groups is 1. The fourth-order valence-corrected chi connectivity index (χ4v) is 1.61. The first-order valence-electron chi connectivity index (χ1n) is 5.96. The van der Waals surface area contributed by atoms with Crippen molar-refractivity contribution in [3.8, 4) is 11.8 Å². The Morgan fingerprint density at radius 2 is 1.70 bits per heavy atom. The molecule has 0 spiro atoms. The zero-order valence-corrected chi connectivity index (χ0v) is 10.8. The number of amides is 2. The first kappa shape index (κ1) is 13.4. The summed E-state index contributed by atoms with van der Waals surface area (Å²) >= 11 is 0. The minimum atomic E-state index is -0.419. The van der Waals surface area contributed by atoms with E-state index in [0.29, 0.717) is 16.9 Å². The number of nitrogens with one attached hydrogen (secondary N) is 2. The number of rotatable bonds is 2. The fourth-order valence-electron chi connectivity index (χ4n) is 1.61. The van der Waals surface area contributed by atoms with E-state index in [1.807, 2.05) is 6.07 Å². The molecule has 5 nitrogen and oxygen atoms in total. The summed E-state index contributed by atoms with van der Waals surface area (Å²) in [6.07, 6.45) is 0. The van der Waals surface area contributed by atoms with Gasteiger partial charge in [0.2, 0.25) is 0 Å². The van der Waals surface area contributed by atoms with Crippen LogP contribution in [0.2, 0.25) is 0 Å². The van der Waals surface area contributed by atoms with Gasteiger partial charge in [-0.2, -0.15) is 5.26 Å². The van der Waals surface area contributed by atoms with Gasteiger partial charge in [-0.05, 0) is 42.8 Å². The van der Waals surface area contributed by atoms with Crippen molar-refractivity contribution in [2.24, 2.45) is 0 Å². The van der Waals surface area contributed by atoms with Crippen molar-refractivity contribution < 1.29 is 9.90 Å². The number of nitriles is 1. The van der Waals surface area contributed by atoms with Gasteiger partial charge in [-0.3, -0.25) is 0 Å². The number of aromatic hydroxyl groups is 1. The Labute approximate surface area is 116 Å². The molecule has 3 N–H and O–H groups in total. The summed E-state index contributed by atoms with van der Waals surface area (Å²) in [7, 11) is 0. The van der Waals surface area contributed by atoms with E-state index < -0.39 is 6.03 Å². The molecular formula is C15H13N3O2. The Kier molecular flexibility index (Phi) is 3.87. The molecule has 2 amide bonds. The Morgan fingerprint density at radius 1 is 1.10 bits per heavy atom. The quantitative estimate of drug-likeness (QED) is 0.781. The maximum absolute atomic E-state index is 11.8. The molecule has 2 rings (SSSR count). The van der Waals surface area contributed by atoms with Crippen LogP contribution in [0.4, 0.5) is 16.2 Å². The Bertz CT molecular complexity index is 673. The van der Waals surface area contributed by atoms with Crippen molar-refractivity contribution in [3.05, 3.63) is 53.6 Å². The van der Waals surface area contributed by atoms with E-state index in [2.05, 4.69) is 10.6 Å². The molecule has 0 fully saturated rings. The Hall–Kier alpha value is -3.00. The van der Waals surface area contributed by atoms with E-state index in [-0.39, 0.29) is 5.75 Å². The van der Waals surface area contributed by atoms with Gasteiger partial charge >= 0.3 is 6.03 Å². The number of phenols is 1. The summed E-state index contributed by atoms with van der Waals surface area (Å²) in [5.74, 6) is 0.126. The Balaban J connectivity index is 2.01. The van der Waals surface area contributed by atoms with Gasteiger partial charge in [0.25, 0.3) is 0 Å². The summed E-state index contributed by atoms with van der Waals surface area (Å²) in [4.78, 5) is 11.8. The first-order chi connectivity index (χ1) is 9.58. The van der Waals surface area contributed by atoms with Gasteiger partial charge in [0.05, 0.1) is 11.6 Å². The van der Waals surface area contributed by atoms with Crippen LogP contribution in [0.15, 0.2) is 42.5 Å². The average molecular weight is 267 g/mol. The lowest BCUT2D eigenvalue weighted by Gasteiger charge is -2.08. The monoisotopic (exact) mass is 267 g/mol. The molecule has 0 aliphatic carbocycles. The van der Waals surface area contributed by atoms with Crippen molar-refractivity contribution >= 4 is 17.4 Å². The summed E-state index contributed by atoms with van der Waals surface area (Å²) in [5.41, 5.74) is 2.35. The third-order valence-corrected chi connectivity index (χ3v) is 2.74. The van der Waals surface area contributed by atoms with Gasteiger partial charge in [-0.15, -0.1) is 0 Å². The second-order valence-electron chi connectivity index (χ2n) is 4.27. The minimum Gasteiger partial charge on any atom is -0.508 e. The van der Waals surface area contributed by atoms with E-state index in [4.69, 9.17) is 5.26 Å². The topological polar surface area (TPSA) is 85.2 Å². The van der Waals surface area contributed by atoms with Crippen LogP contribution in [-0.2, 0) is 0 Å². The van der Waals surface area contributed by atoms with Crippen LogP contribution >= 0.6 is 0 Å². The SMILES string of the molecule is Cc1ccc(NC(=O)Nc2ccc(C#N)cc2)cc1O. The molecule has 0 saturated heterocycles. The summed E-state index contributed by atoms with van der Waals surface area (Å²) in [6.45, 7) is 1.77. The molecule has 5 heteroatoms. The fraction of sp³-hybridized carbons (Fsp3) is 0.0667.